The van der Waals surface area contributed by atoms with Crippen molar-refractivity contribution in [3.8, 4) is 0 Å². The van der Waals surface area contributed by atoms with E-state index in [1.165, 1.54) is 7.11 Å². The van der Waals surface area contributed by atoms with E-state index in [-0.39, 0.29) is 0 Å². The summed E-state index contributed by atoms with van der Waals surface area (Å²) in [5.41, 5.74) is 0.963. The number of hydrogen-bond donors (Lipinski definition) is 2. The molecule has 1 aromatic carbocycles. The van der Waals surface area contributed by atoms with Gasteiger partial charge in [-0.05, 0) is 43.8 Å². The smallest absolute Gasteiger partial charge is 0.339 e. The lowest BCUT2D eigenvalue weighted by Gasteiger charge is -2.12. The first-order valence-corrected chi connectivity index (χ1v) is 7.37. The minimum atomic E-state index is -0.487. The molecule has 0 aromatic heterocycles. The lowest BCUT2D eigenvalue weighted by atomic mass is 10.2. The molecule has 0 heterocycles. The second kappa shape index (κ2) is 9.55. The molecule has 5 nitrogen and oxygen atoms in total. The van der Waals surface area contributed by atoms with Crippen molar-refractivity contribution in [1.29, 1.82) is 0 Å². The van der Waals surface area contributed by atoms with E-state index in [1.807, 2.05) is 6.92 Å². The van der Waals surface area contributed by atoms with Gasteiger partial charge in [-0.1, -0.05) is 11.6 Å². The standard InChI is InChI=1S/C14H19ClN2O3S/c1-3-20-8-4-7-16-14(21)17-10-5-6-12(15)11(9-10)13(18)19-2/h5-6,9H,3-4,7-8H2,1-2H3,(H2,16,17,21). The summed E-state index contributed by atoms with van der Waals surface area (Å²) in [7, 11) is 1.31. The van der Waals surface area contributed by atoms with Gasteiger partial charge >= 0.3 is 5.97 Å². The number of benzene rings is 1. The van der Waals surface area contributed by atoms with E-state index in [1.54, 1.807) is 18.2 Å². The monoisotopic (exact) mass is 330 g/mol. The fraction of sp³-hybridized carbons (Fsp3) is 0.429. The molecule has 116 valence electrons. The number of carbonyl (C=O) groups is 1. The normalized spacial score (nSPS) is 10.0. The van der Waals surface area contributed by atoms with Gasteiger partial charge in [0.1, 0.15) is 0 Å². The van der Waals surface area contributed by atoms with Crippen molar-refractivity contribution in [3.05, 3.63) is 28.8 Å². The van der Waals surface area contributed by atoms with Crippen LogP contribution in [0.25, 0.3) is 0 Å². The minimum absolute atomic E-state index is 0.295. The SMILES string of the molecule is CCOCCCNC(=S)Nc1ccc(Cl)c(C(=O)OC)c1. The minimum Gasteiger partial charge on any atom is -0.465 e. The van der Waals surface area contributed by atoms with E-state index in [2.05, 4.69) is 15.4 Å². The average molecular weight is 331 g/mol. The number of methoxy groups -OCH3 is 1. The van der Waals surface area contributed by atoms with Gasteiger partial charge in [-0.25, -0.2) is 4.79 Å². The van der Waals surface area contributed by atoms with E-state index in [4.69, 9.17) is 28.6 Å². The molecule has 0 spiro atoms. The van der Waals surface area contributed by atoms with Crippen LogP contribution in [0.4, 0.5) is 5.69 Å². The predicted octanol–water partition coefficient (Wildman–Crippen LogP) is 2.84. The summed E-state index contributed by atoms with van der Waals surface area (Å²) < 4.78 is 9.90. The molecule has 21 heavy (non-hydrogen) atoms. The summed E-state index contributed by atoms with van der Waals surface area (Å²) in [6.07, 6.45) is 0.865. The Hall–Kier alpha value is -1.37. The lowest BCUT2D eigenvalue weighted by molar-refractivity contribution is 0.0601. The van der Waals surface area contributed by atoms with Crippen molar-refractivity contribution in [2.24, 2.45) is 0 Å². The summed E-state index contributed by atoms with van der Waals surface area (Å²) in [5, 5.41) is 6.86. The van der Waals surface area contributed by atoms with E-state index in [0.717, 1.165) is 6.42 Å². The number of nitrogens with one attached hydrogen (secondary N) is 2. The third-order valence-corrected chi connectivity index (χ3v) is 3.16. The van der Waals surface area contributed by atoms with Gasteiger partial charge in [0.25, 0.3) is 0 Å². The molecule has 0 fully saturated rings. The maximum Gasteiger partial charge on any atom is 0.339 e. The van der Waals surface area contributed by atoms with Crippen molar-refractivity contribution in [1.82, 2.24) is 5.32 Å². The number of ether oxygens (including phenoxy) is 2. The maximum atomic E-state index is 11.5. The molecule has 0 saturated carbocycles. The van der Waals surface area contributed by atoms with Gasteiger partial charge in [0.05, 0.1) is 17.7 Å². The Labute approximate surface area is 135 Å². The number of carbonyl (C=O) groups excluding carboxylic acids is 1. The van der Waals surface area contributed by atoms with Crippen molar-refractivity contribution in [2.75, 3.05) is 32.2 Å². The highest BCUT2D eigenvalue weighted by molar-refractivity contribution is 7.80. The van der Waals surface area contributed by atoms with Gasteiger partial charge in [0, 0.05) is 25.4 Å². The Morgan fingerprint density at radius 1 is 1.43 bits per heavy atom. The first kappa shape index (κ1) is 17.7. The van der Waals surface area contributed by atoms with Crippen LogP contribution < -0.4 is 10.6 Å². The molecule has 0 aliphatic carbocycles. The van der Waals surface area contributed by atoms with Crippen LogP contribution in [0.5, 0.6) is 0 Å². The number of rotatable bonds is 7. The zero-order valence-electron chi connectivity index (χ0n) is 12.1. The molecule has 0 unspecified atom stereocenters. The first-order valence-electron chi connectivity index (χ1n) is 6.59. The number of thiocarbonyl (C=S) groups is 1. The Bertz CT molecular complexity index is 497. The zero-order valence-corrected chi connectivity index (χ0v) is 13.6. The zero-order chi connectivity index (χ0) is 15.7. The van der Waals surface area contributed by atoms with Crippen LogP contribution in [-0.2, 0) is 9.47 Å². The maximum absolute atomic E-state index is 11.5. The summed E-state index contributed by atoms with van der Waals surface area (Å²) in [4.78, 5) is 11.5. The Morgan fingerprint density at radius 2 is 2.19 bits per heavy atom. The Morgan fingerprint density at radius 3 is 2.86 bits per heavy atom. The van der Waals surface area contributed by atoms with Crippen LogP contribution in [0.3, 0.4) is 0 Å². The molecule has 1 aromatic rings. The van der Waals surface area contributed by atoms with Gasteiger partial charge < -0.3 is 20.1 Å². The van der Waals surface area contributed by atoms with Crippen LogP contribution >= 0.6 is 23.8 Å². The Balaban J connectivity index is 2.51. The van der Waals surface area contributed by atoms with Crippen molar-refractivity contribution in [2.45, 2.75) is 13.3 Å². The number of esters is 1. The highest BCUT2D eigenvalue weighted by atomic mass is 35.5. The van der Waals surface area contributed by atoms with Crippen molar-refractivity contribution < 1.29 is 14.3 Å². The van der Waals surface area contributed by atoms with Gasteiger partial charge in [-0.15, -0.1) is 0 Å². The molecule has 0 bridgehead atoms. The van der Waals surface area contributed by atoms with Crippen LogP contribution in [0.1, 0.15) is 23.7 Å². The van der Waals surface area contributed by atoms with Gasteiger partial charge in [0.2, 0.25) is 0 Å². The molecule has 0 amide bonds. The van der Waals surface area contributed by atoms with Crippen LogP contribution in [0, 0.1) is 0 Å². The van der Waals surface area contributed by atoms with E-state index in [0.29, 0.717) is 41.1 Å². The Kier molecular flexibility index (Phi) is 8.04. The second-order valence-corrected chi connectivity index (χ2v) is 4.93. The highest BCUT2D eigenvalue weighted by Gasteiger charge is 2.11. The fourth-order valence-electron chi connectivity index (χ4n) is 1.57. The van der Waals surface area contributed by atoms with E-state index >= 15 is 0 Å². The van der Waals surface area contributed by atoms with E-state index in [9.17, 15) is 4.79 Å². The fourth-order valence-corrected chi connectivity index (χ4v) is 1.98. The van der Waals surface area contributed by atoms with Crippen molar-refractivity contribution >= 4 is 40.6 Å². The van der Waals surface area contributed by atoms with Gasteiger partial charge in [-0.3, -0.25) is 0 Å². The van der Waals surface area contributed by atoms with Gasteiger partial charge in [-0.2, -0.15) is 0 Å². The quantitative estimate of drug-likeness (QED) is 0.455. The summed E-state index contributed by atoms with van der Waals surface area (Å²) in [6.45, 7) is 4.08. The number of hydrogen-bond acceptors (Lipinski definition) is 4. The third kappa shape index (κ3) is 6.29. The molecule has 0 aliphatic rings. The second-order valence-electron chi connectivity index (χ2n) is 4.12. The lowest BCUT2D eigenvalue weighted by Crippen LogP contribution is -2.29. The summed E-state index contributed by atoms with van der Waals surface area (Å²) >= 11 is 11.1. The molecule has 1 rings (SSSR count). The first-order chi connectivity index (χ1) is 10.1. The summed E-state index contributed by atoms with van der Waals surface area (Å²) in [6, 6.07) is 4.96. The molecular weight excluding hydrogens is 312 g/mol. The van der Waals surface area contributed by atoms with Gasteiger partial charge in [0.15, 0.2) is 5.11 Å². The molecular formula is C14H19ClN2O3S. The predicted molar refractivity (Wildman–Crippen MR) is 88.1 cm³/mol. The highest BCUT2D eigenvalue weighted by Crippen LogP contribution is 2.21. The molecule has 7 heteroatoms. The molecule has 2 N–H and O–H groups in total. The van der Waals surface area contributed by atoms with E-state index < -0.39 is 5.97 Å². The molecule has 0 aliphatic heterocycles. The molecule has 0 radical (unpaired) electrons. The van der Waals surface area contributed by atoms with Crippen LogP contribution in [0.15, 0.2) is 18.2 Å². The van der Waals surface area contributed by atoms with Crippen molar-refractivity contribution in [3.63, 3.8) is 0 Å². The third-order valence-electron chi connectivity index (χ3n) is 2.58. The largest absolute Gasteiger partial charge is 0.465 e. The van der Waals surface area contributed by atoms with Crippen LogP contribution in [0.2, 0.25) is 5.02 Å². The van der Waals surface area contributed by atoms with Crippen LogP contribution in [-0.4, -0.2) is 38.0 Å². The summed E-state index contributed by atoms with van der Waals surface area (Å²) in [5.74, 6) is -0.487. The molecule has 0 atom stereocenters. The number of halogens is 1. The number of anilines is 1. The topological polar surface area (TPSA) is 59.6 Å². The average Bonchev–Trinajstić information content (AvgIpc) is 2.48. The molecule has 0 saturated heterocycles.